The molecule has 0 amide bonds. The van der Waals surface area contributed by atoms with E-state index < -0.39 is 0 Å². The molecule has 0 fully saturated rings. The summed E-state index contributed by atoms with van der Waals surface area (Å²) in [4.78, 5) is 27.4. The molecule has 0 atom stereocenters. The molecule has 6 nitrogen and oxygen atoms in total. The summed E-state index contributed by atoms with van der Waals surface area (Å²) >= 11 is 0. The van der Waals surface area contributed by atoms with E-state index >= 15 is 0 Å². The van der Waals surface area contributed by atoms with Crippen molar-refractivity contribution in [1.29, 1.82) is 0 Å². The van der Waals surface area contributed by atoms with E-state index in [-0.39, 0.29) is 24.1 Å². The number of aliphatic hydroxyl groups excluding tert-OH is 1. The van der Waals surface area contributed by atoms with Crippen LogP contribution in [-0.2, 0) is 19.1 Å². The second-order valence-corrected chi connectivity index (χ2v) is 15.3. The molecule has 6 heteroatoms. The van der Waals surface area contributed by atoms with Crippen LogP contribution >= 0.6 is 0 Å². The molecule has 0 radical (unpaired) electrons. The molecule has 0 aromatic rings. The quantitative estimate of drug-likeness (QED) is 0.0504. The molecule has 0 spiro atoms. The zero-order chi connectivity index (χ0) is 36.8. The van der Waals surface area contributed by atoms with E-state index in [9.17, 15) is 14.7 Å². The Morgan fingerprint density at radius 1 is 0.480 bits per heavy atom. The van der Waals surface area contributed by atoms with Crippen molar-refractivity contribution in [2.45, 2.75) is 239 Å². The summed E-state index contributed by atoms with van der Waals surface area (Å²) < 4.78 is 11.8. The lowest BCUT2D eigenvalue weighted by Gasteiger charge is -2.33. The van der Waals surface area contributed by atoms with Crippen molar-refractivity contribution < 1.29 is 24.2 Å². The second kappa shape index (κ2) is 37.6. The molecule has 0 aliphatic heterocycles. The van der Waals surface area contributed by atoms with E-state index in [2.05, 4.69) is 32.6 Å². The van der Waals surface area contributed by atoms with Crippen LogP contribution in [-0.4, -0.2) is 60.4 Å². The maximum absolute atomic E-state index is 13.0. The Kier molecular flexibility index (Phi) is 36.8. The monoisotopic (exact) mass is 710 g/mol. The van der Waals surface area contributed by atoms with Gasteiger partial charge in [-0.3, -0.25) is 9.59 Å². The predicted molar refractivity (Wildman–Crippen MR) is 214 cm³/mol. The van der Waals surface area contributed by atoms with Gasteiger partial charge in [0.2, 0.25) is 0 Å². The van der Waals surface area contributed by atoms with Crippen LogP contribution in [0.2, 0.25) is 0 Å². The molecule has 0 aromatic heterocycles. The lowest BCUT2D eigenvalue weighted by molar-refractivity contribution is -0.162. The van der Waals surface area contributed by atoms with Crippen molar-refractivity contribution in [2.24, 2.45) is 0 Å². The van der Waals surface area contributed by atoms with Crippen LogP contribution in [0.25, 0.3) is 0 Å². The number of aliphatic hydroxyl groups is 1. The van der Waals surface area contributed by atoms with Crippen LogP contribution < -0.4 is 0 Å². The lowest BCUT2D eigenvalue weighted by atomic mass is 9.87. The minimum Gasteiger partial charge on any atom is -0.466 e. The van der Waals surface area contributed by atoms with E-state index in [0.717, 1.165) is 96.6 Å². The Morgan fingerprint density at radius 3 is 1.36 bits per heavy atom. The molecule has 1 N–H and O–H groups in total. The maximum atomic E-state index is 13.0. The third-order valence-electron chi connectivity index (χ3n) is 10.6. The molecular weight excluding hydrogens is 622 g/mol. The van der Waals surface area contributed by atoms with Gasteiger partial charge in [0, 0.05) is 19.4 Å². The maximum Gasteiger partial charge on any atom is 0.306 e. The van der Waals surface area contributed by atoms with E-state index in [1.807, 2.05) is 0 Å². The van der Waals surface area contributed by atoms with Gasteiger partial charge in [-0.05, 0) is 77.3 Å². The molecule has 0 saturated heterocycles. The highest BCUT2D eigenvalue weighted by molar-refractivity contribution is 5.70. The zero-order valence-corrected chi connectivity index (χ0v) is 34.2. The molecule has 50 heavy (non-hydrogen) atoms. The van der Waals surface area contributed by atoms with Gasteiger partial charge < -0.3 is 19.5 Å². The highest BCUT2D eigenvalue weighted by Gasteiger charge is 2.31. The largest absolute Gasteiger partial charge is 0.466 e. The smallest absolute Gasteiger partial charge is 0.306 e. The third-order valence-corrected chi connectivity index (χ3v) is 10.6. The van der Waals surface area contributed by atoms with Gasteiger partial charge in [0.05, 0.1) is 13.2 Å². The first-order valence-corrected chi connectivity index (χ1v) is 22.2. The fourth-order valence-corrected chi connectivity index (χ4v) is 7.11. The van der Waals surface area contributed by atoms with Crippen molar-refractivity contribution >= 4 is 11.9 Å². The molecular formula is C44H87NO5. The third kappa shape index (κ3) is 31.6. The first kappa shape index (κ1) is 48.9. The predicted octanol–water partition coefficient (Wildman–Crippen LogP) is 12.7. The van der Waals surface area contributed by atoms with Crippen LogP contribution in [0.4, 0.5) is 0 Å². The average molecular weight is 710 g/mol. The second-order valence-electron chi connectivity index (χ2n) is 15.3. The van der Waals surface area contributed by atoms with Crippen molar-refractivity contribution in [1.82, 2.24) is 4.90 Å². The zero-order valence-electron chi connectivity index (χ0n) is 34.2. The van der Waals surface area contributed by atoms with Gasteiger partial charge in [-0.1, -0.05) is 156 Å². The van der Waals surface area contributed by atoms with Crippen LogP contribution in [0.5, 0.6) is 0 Å². The van der Waals surface area contributed by atoms with Crippen molar-refractivity contribution in [3.8, 4) is 0 Å². The normalized spacial score (nSPS) is 11.8. The summed E-state index contributed by atoms with van der Waals surface area (Å²) in [5.74, 6) is -0.0400. The summed E-state index contributed by atoms with van der Waals surface area (Å²) in [5.41, 5.74) is -0.265. The van der Waals surface area contributed by atoms with Crippen LogP contribution in [0.15, 0.2) is 0 Å². The number of ether oxygens (including phenoxy) is 2. The van der Waals surface area contributed by atoms with Crippen LogP contribution in [0, 0.1) is 0 Å². The number of hydrogen-bond donors (Lipinski definition) is 1. The van der Waals surface area contributed by atoms with Crippen LogP contribution in [0.3, 0.4) is 0 Å². The van der Waals surface area contributed by atoms with Crippen LogP contribution in [0.1, 0.15) is 233 Å². The van der Waals surface area contributed by atoms with E-state index in [1.165, 1.54) is 109 Å². The van der Waals surface area contributed by atoms with Gasteiger partial charge in [0.1, 0.15) is 5.60 Å². The molecule has 0 rings (SSSR count). The Morgan fingerprint density at radius 2 is 0.880 bits per heavy atom. The fourth-order valence-electron chi connectivity index (χ4n) is 7.11. The topological polar surface area (TPSA) is 76.1 Å². The standard InChI is InChI=1S/C44H87NO5/c1-5-9-12-15-18-24-32-41-49-42(47)33-27-25-31-38-45(39-40-46)37-30-23-19-20-26-34-43(48)50-44(8-4,35-28-21-16-13-10-6-2)36-29-22-17-14-11-7-3/h46H,5-41H2,1-4H3. The molecule has 0 heterocycles. The lowest BCUT2D eigenvalue weighted by Crippen LogP contribution is -2.34. The SMILES string of the molecule is CCCCCCCCCOC(=O)CCCCCN(CCO)CCCCCCCC(=O)OC(CC)(CCCCCCCC)CCCCCCCC. The summed E-state index contributed by atoms with van der Waals surface area (Å²) in [6.07, 6.45) is 36.2. The molecule has 0 aromatic carbocycles. The first-order valence-electron chi connectivity index (χ1n) is 22.2. The number of unbranched alkanes of at least 4 members (excludes halogenated alkanes) is 22. The van der Waals surface area contributed by atoms with Gasteiger partial charge in [0.25, 0.3) is 0 Å². The first-order chi connectivity index (χ1) is 24.5. The number of esters is 2. The molecule has 0 aliphatic rings. The molecule has 298 valence electrons. The van der Waals surface area contributed by atoms with Crippen molar-refractivity contribution in [2.75, 3.05) is 32.8 Å². The molecule has 0 bridgehead atoms. The van der Waals surface area contributed by atoms with Gasteiger partial charge in [-0.25, -0.2) is 0 Å². The Bertz CT molecular complexity index is 713. The van der Waals surface area contributed by atoms with E-state index in [0.29, 0.717) is 26.0 Å². The van der Waals surface area contributed by atoms with Gasteiger partial charge in [-0.15, -0.1) is 0 Å². The molecule has 0 unspecified atom stereocenters. The number of carbonyl (C=O) groups excluding carboxylic acids is 2. The summed E-state index contributed by atoms with van der Waals surface area (Å²) in [5, 5.41) is 9.55. The highest BCUT2D eigenvalue weighted by Crippen LogP contribution is 2.31. The Labute approximate surface area is 312 Å². The van der Waals surface area contributed by atoms with E-state index in [1.54, 1.807) is 0 Å². The van der Waals surface area contributed by atoms with Crippen molar-refractivity contribution in [3.63, 3.8) is 0 Å². The Hall–Kier alpha value is -1.14. The number of carbonyl (C=O) groups is 2. The summed E-state index contributed by atoms with van der Waals surface area (Å²) in [6, 6.07) is 0. The van der Waals surface area contributed by atoms with Gasteiger partial charge >= 0.3 is 11.9 Å². The molecule has 0 aliphatic carbocycles. The summed E-state index contributed by atoms with van der Waals surface area (Å²) in [7, 11) is 0. The number of hydrogen-bond acceptors (Lipinski definition) is 6. The molecule has 0 saturated carbocycles. The van der Waals surface area contributed by atoms with Crippen molar-refractivity contribution in [3.05, 3.63) is 0 Å². The minimum atomic E-state index is -0.265. The van der Waals surface area contributed by atoms with Gasteiger partial charge in [-0.2, -0.15) is 0 Å². The number of rotatable bonds is 40. The summed E-state index contributed by atoms with van der Waals surface area (Å²) in [6.45, 7) is 12.4. The fraction of sp³-hybridized carbons (Fsp3) is 0.955. The highest BCUT2D eigenvalue weighted by atomic mass is 16.6. The average Bonchev–Trinajstić information content (AvgIpc) is 3.11. The Balaban J connectivity index is 4.20. The minimum absolute atomic E-state index is 0.0133. The van der Waals surface area contributed by atoms with Gasteiger partial charge in [0.15, 0.2) is 0 Å². The number of nitrogens with zero attached hydrogens (tertiary/aromatic N) is 1. The van der Waals surface area contributed by atoms with E-state index in [4.69, 9.17) is 9.47 Å².